The molecule has 3 rings (SSSR count). The average Bonchev–Trinajstić information content (AvgIpc) is 2.62. The summed E-state index contributed by atoms with van der Waals surface area (Å²) in [6.45, 7) is 3.12. The lowest BCUT2D eigenvalue weighted by Crippen LogP contribution is -2.47. The van der Waals surface area contributed by atoms with Crippen molar-refractivity contribution in [2.45, 2.75) is 37.0 Å². The molecule has 2 N–H and O–H groups in total. The molecule has 0 spiro atoms. The molecule has 1 aliphatic carbocycles. The zero-order valence-electron chi connectivity index (χ0n) is 14.3. The molecule has 25 heavy (non-hydrogen) atoms. The maximum absolute atomic E-state index is 12.4. The van der Waals surface area contributed by atoms with Crippen LogP contribution in [0.25, 0.3) is 0 Å². The monoisotopic (exact) mass is 387 g/mol. The number of hydrogen-bond acceptors (Lipinski definition) is 4. The smallest absolute Gasteiger partial charge is 0.240 e. The number of rotatable bonds is 5. The number of halogens is 1. The van der Waals surface area contributed by atoms with E-state index in [-0.39, 0.29) is 31.3 Å². The molecule has 0 bridgehead atoms. The minimum atomic E-state index is -3.55. The lowest BCUT2D eigenvalue weighted by atomic mass is 9.92. The van der Waals surface area contributed by atoms with Gasteiger partial charge in [0.25, 0.3) is 0 Å². The Hall–Kier alpha value is -1.15. The van der Waals surface area contributed by atoms with Crippen LogP contribution < -0.4 is 10.0 Å². The van der Waals surface area contributed by atoms with Crippen molar-refractivity contribution in [1.82, 2.24) is 14.9 Å². The molecule has 0 atom stereocenters. The number of fused-ring (bicyclic) bond motifs is 1. The van der Waals surface area contributed by atoms with Crippen molar-refractivity contribution in [2.75, 3.05) is 32.7 Å². The molecule has 0 unspecified atom stereocenters. The van der Waals surface area contributed by atoms with Gasteiger partial charge in [0.15, 0.2) is 0 Å². The first-order valence-corrected chi connectivity index (χ1v) is 10.1. The minimum Gasteiger partial charge on any atom is -0.340 e. The molecule has 140 valence electrons. The number of amides is 1. The first-order chi connectivity index (χ1) is 11.6. The molecule has 1 amide bonds. The fourth-order valence-electron chi connectivity index (χ4n) is 3.32. The summed E-state index contributed by atoms with van der Waals surface area (Å²) < 4.78 is 27.4. The van der Waals surface area contributed by atoms with Crippen LogP contribution in [-0.2, 0) is 27.7 Å². The summed E-state index contributed by atoms with van der Waals surface area (Å²) in [5.74, 6) is 0.00430. The molecular weight excluding hydrogens is 362 g/mol. The number of nitrogens with one attached hydrogen (secondary N) is 2. The highest BCUT2D eigenvalue weighted by molar-refractivity contribution is 7.89. The third-order valence-corrected chi connectivity index (χ3v) is 6.19. The van der Waals surface area contributed by atoms with Crippen molar-refractivity contribution in [2.24, 2.45) is 0 Å². The van der Waals surface area contributed by atoms with Gasteiger partial charge in [-0.2, -0.15) is 0 Å². The van der Waals surface area contributed by atoms with Crippen LogP contribution >= 0.6 is 12.4 Å². The largest absolute Gasteiger partial charge is 0.340 e. The number of nitrogens with zero attached hydrogens (tertiary/aromatic N) is 1. The Kier molecular flexibility index (Phi) is 7.25. The Labute approximate surface area is 155 Å². The first-order valence-electron chi connectivity index (χ1n) is 8.66. The molecule has 1 heterocycles. The van der Waals surface area contributed by atoms with Crippen molar-refractivity contribution in [1.29, 1.82) is 0 Å². The van der Waals surface area contributed by atoms with Gasteiger partial charge in [0.2, 0.25) is 15.9 Å². The fourth-order valence-corrected chi connectivity index (χ4v) is 4.41. The molecule has 1 aromatic carbocycles. The van der Waals surface area contributed by atoms with Crippen molar-refractivity contribution < 1.29 is 13.2 Å². The molecule has 1 fully saturated rings. The molecule has 8 heteroatoms. The van der Waals surface area contributed by atoms with Gasteiger partial charge in [0, 0.05) is 39.1 Å². The van der Waals surface area contributed by atoms with Crippen LogP contribution in [0.2, 0.25) is 0 Å². The van der Waals surface area contributed by atoms with Crippen LogP contribution in [0.4, 0.5) is 0 Å². The van der Waals surface area contributed by atoms with E-state index in [1.165, 1.54) is 12.0 Å². The van der Waals surface area contributed by atoms with Gasteiger partial charge in [-0.15, -0.1) is 12.4 Å². The van der Waals surface area contributed by atoms with Crippen LogP contribution in [0.3, 0.4) is 0 Å². The van der Waals surface area contributed by atoms with E-state index in [2.05, 4.69) is 10.0 Å². The van der Waals surface area contributed by atoms with E-state index in [9.17, 15) is 13.2 Å². The number of carbonyl (C=O) groups excluding carboxylic acids is 1. The Morgan fingerprint density at radius 1 is 1.12 bits per heavy atom. The predicted octanol–water partition coefficient (Wildman–Crippen LogP) is 1.09. The van der Waals surface area contributed by atoms with E-state index in [0.29, 0.717) is 18.0 Å². The standard InChI is InChI=1S/C17H25N3O3S.ClH/c21-17(20-11-9-18-10-12-20)7-8-19-24(22,23)16-6-5-14-3-1-2-4-15(14)13-16;/h5-6,13,18-19H,1-4,7-12H2;1H. The molecule has 0 saturated carbocycles. The van der Waals surface area contributed by atoms with Crippen molar-refractivity contribution in [3.05, 3.63) is 29.3 Å². The van der Waals surface area contributed by atoms with E-state index < -0.39 is 10.0 Å². The summed E-state index contributed by atoms with van der Waals surface area (Å²) in [6, 6.07) is 5.38. The van der Waals surface area contributed by atoms with Gasteiger partial charge in [-0.3, -0.25) is 4.79 Å². The van der Waals surface area contributed by atoms with Crippen molar-refractivity contribution >= 4 is 28.3 Å². The Bertz CT molecular complexity index is 703. The van der Waals surface area contributed by atoms with E-state index in [1.807, 2.05) is 6.07 Å². The second-order valence-electron chi connectivity index (χ2n) is 6.42. The summed E-state index contributed by atoms with van der Waals surface area (Å²) in [5.41, 5.74) is 2.40. The summed E-state index contributed by atoms with van der Waals surface area (Å²) in [5, 5.41) is 3.19. The number of carbonyl (C=O) groups is 1. The maximum Gasteiger partial charge on any atom is 0.240 e. The Morgan fingerprint density at radius 3 is 2.52 bits per heavy atom. The van der Waals surface area contributed by atoms with Crippen LogP contribution in [-0.4, -0.2) is 51.9 Å². The summed E-state index contributed by atoms with van der Waals surface area (Å²) in [6.07, 6.45) is 4.46. The van der Waals surface area contributed by atoms with Gasteiger partial charge < -0.3 is 10.2 Å². The molecule has 0 aromatic heterocycles. The maximum atomic E-state index is 12.4. The molecule has 2 aliphatic rings. The third-order valence-electron chi connectivity index (χ3n) is 4.73. The van der Waals surface area contributed by atoms with Gasteiger partial charge in [-0.25, -0.2) is 13.1 Å². The van der Waals surface area contributed by atoms with Gasteiger partial charge in [-0.1, -0.05) is 6.07 Å². The zero-order valence-corrected chi connectivity index (χ0v) is 15.9. The predicted molar refractivity (Wildman–Crippen MR) is 99.6 cm³/mol. The van der Waals surface area contributed by atoms with E-state index in [1.54, 1.807) is 17.0 Å². The summed E-state index contributed by atoms with van der Waals surface area (Å²) in [4.78, 5) is 14.2. The van der Waals surface area contributed by atoms with E-state index in [4.69, 9.17) is 0 Å². The Balaban J connectivity index is 0.00000225. The highest BCUT2D eigenvalue weighted by Gasteiger charge is 2.19. The average molecular weight is 388 g/mol. The SMILES string of the molecule is Cl.O=C(CCNS(=O)(=O)c1ccc2c(c1)CCCC2)N1CCNCC1. The topological polar surface area (TPSA) is 78.5 Å². The van der Waals surface area contributed by atoms with Crippen molar-refractivity contribution in [3.63, 3.8) is 0 Å². The van der Waals surface area contributed by atoms with Crippen LogP contribution in [0.1, 0.15) is 30.4 Å². The lowest BCUT2D eigenvalue weighted by Gasteiger charge is -2.27. The summed E-state index contributed by atoms with van der Waals surface area (Å²) >= 11 is 0. The van der Waals surface area contributed by atoms with Crippen molar-refractivity contribution in [3.8, 4) is 0 Å². The second-order valence-corrected chi connectivity index (χ2v) is 8.18. The lowest BCUT2D eigenvalue weighted by molar-refractivity contribution is -0.131. The normalized spacial score (nSPS) is 17.5. The van der Waals surface area contributed by atoms with Crippen LogP contribution in [0, 0.1) is 0 Å². The molecule has 1 aliphatic heterocycles. The number of benzene rings is 1. The van der Waals surface area contributed by atoms with Gasteiger partial charge in [-0.05, 0) is 48.9 Å². The fraction of sp³-hybridized carbons (Fsp3) is 0.588. The number of hydrogen-bond donors (Lipinski definition) is 2. The van der Waals surface area contributed by atoms with Gasteiger partial charge in [0.1, 0.15) is 0 Å². The quantitative estimate of drug-likeness (QED) is 0.792. The molecule has 0 radical (unpaired) electrons. The Morgan fingerprint density at radius 2 is 1.80 bits per heavy atom. The zero-order chi connectivity index (χ0) is 17.0. The van der Waals surface area contributed by atoms with Crippen LogP contribution in [0.5, 0.6) is 0 Å². The highest BCUT2D eigenvalue weighted by Crippen LogP contribution is 2.24. The third kappa shape index (κ3) is 5.17. The minimum absolute atomic E-state index is 0. The molecular formula is C17H26ClN3O3S. The second kappa shape index (κ2) is 8.98. The van der Waals surface area contributed by atoms with Crippen LogP contribution in [0.15, 0.2) is 23.1 Å². The van der Waals surface area contributed by atoms with Gasteiger partial charge in [0.05, 0.1) is 4.90 Å². The summed E-state index contributed by atoms with van der Waals surface area (Å²) in [7, 11) is -3.55. The number of aryl methyl sites for hydroxylation is 2. The number of sulfonamides is 1. The van der Waals surface area contributed by atoms with Gasteiger partial charge >= 0.3 is 0 Å². The molecule has 6 nitrogen and oxygen atoms in total. The molecule has 1 aromatic rings. The van der Waals surface area contributed by atoms with E-state index >= 15 is 0 Å². The first kappa shape index (κ1) is 20.2. The van der Waals surface area contributed by atoms with E-state index in [0.717, 1.165) is 37.9 Å². The molecule has 1 saturated heterocycles. The number of piperazine rings is 1. The highest BCUT2D eigenvalue weighted by atomic mass is 35.5.